The maximum Gasteiger partial charge on any atom is 0.279 e. The minimum atomic E-state index is -4.10. The molecule has 0 saturated carbocycles. The summed E-state index contributed by atoms with van der Waals surface area (Å²) in [6.07, 6.45) is -0.0971. The Labute approximate surface area is 168 Å². The molecule has 1 aliphatic rings. The Hall–Kier alpha value is -2.53. The maximum atomic E-state index is 13.1. The average Bonchev–Trinajstić information content (AvgIpc) is 2.67. The molecule has 0 aliphatic carbocycles. The van der Waals surface area contributed by atoms with Crippen LogP contribution in [0.5, 0.6) is 11.5 Å². The lowest BCUT2D eigenvalue weighted by atomic mass is 9.95. The molecular formula is C19H22N2O7S. The van der Waals surface area contributed by atoms with E-state index in [1.54, 1.807) is 12.1 Å². The molecular weight excluding hydrogens is 400 g/mol. The van der Waals surface area contributed by atoms with E-state index < -0.39 is 33.2 Å². The minimum Gasteiger partial charge on any atom is -0.457 e. The predicted octanol–water partition coefficient (Wildman–Crippen LogP) is 1.29. The molecule has 0 bridgehead atoms. The predicted molar refractivity (Wildman–Crippen MR) is 102 cm³/mol. The van der Waals surface area contributed by atoms with Gasteiger partial charge in [0.15, 0.2) is 15.4 Å². The second-order valence-electron chi connectivity index (χ2n) is 6.90. The second kappa shape index (κ2) is 8.07. The molecule has 1 fully saturated rings. The van der Waals surface area contributed by atoms with E-state index in [1.807, 2.05) is 13.8 Å². The van der Waals surface area contributed by atoms with Gasteiger partial charge < -0.3 is 14.6 Å². The summed E-state index contributed by atoms with van der Waals surface area (Å²) in [5.74, 6) is -0.234. The van der Waals surface area contributed by atoms with Crippen molar-refractivity contribution in [3.63, 3.8) is 0 Å². The molecule has 0 radical (unpaired) electrons. The summed E-state index contributed by atoms with van der Waals surface area (Å²) in [5.41, 5.74) is 0.504. The van der Waals surface area contributed by atoms with Crippen LogP contribution in [-0.4, -0.2) is 53.7 Å². The molecule has 2 heterocycles. The van der Waals surface area contributed by atoms with Crippen LogP contribution in [0.1, 0.15) is 17.8 Å². The number of aromatic nitrogens is 1. The first kappa shape index (κ1) is 21.2. The van der Waals surface area contributed by atoms with Crippen molar-refractivity contribution in [2.45, 2.75) is 36.0 Å². The number of rotatable bonds is 5. The van der Waals surface area contributed by atoms with Crippen molar-refractivity contribution in [2.24, 2.45) is 0 Å². The smallest absolute Gasteiger partial charge is 0.279 e. The Bertz CT molecular complexity index is 987. The van der Waals surface area contributed by atoms with Gasteiger partial charge in [-0.3, -0.25) is 15.0 Å². The van der Waals surface area contributed by atoms with Crippen LogP contribution in [0.25, 0.3) is 0 Å². The molecule has 29 heavy (non-hydrogen) atoms. The lowest BCUT2D eigenvalue weighted by molar-refractivity contribution is -0.161. The van der Waals surface area contributed by atoms with Gasteiger partial charge in [-0.1, -0.05) is 0 Å². The standard InChI is InChI=1S/C19H22N2O7S/c1-12-9-15(10-13(2)20-12)28-14-3-5-16(6-4-14)29(25,26)17-7-8-27-11-19(17,23)18(22)21-24/h3-6,9-10,17,23-24H,7-8,11H2,1-2H3,(H,21,22). The first-order valence-corrected chi connectivity index (χ1v) is 10.4. The highest BCUT2D eigenvalue weighted by atomic mass is 32.2. The highest BCUT2D eigenvalue weighted by molar-refractivity contribution is 7.92. The van der Waals surface area contributed by atoms with Crippen LogP contribution in [0.2, 0.25) is 0 Å². The second-order valence-corrected chi connectivity index (χ2v) is 9.03. The number of pyridine rings is 1. The van der Waals surface area contributed by atoms with Gasteiger partial charge in [-0.05, 0) is 44.5 Å². The van der Waals surface area contributed by atoms with Crippen LogP contribution >= 0.6 is 0 Å². The van der Waals surface area contributed by atoms with Gasteiger partial charge in [-0.15, -0.1) is 0 Å². The Kier molecular flexibility index (Phi) is 5.90. The normalized spacial score (nSPS) is 22.1. The first-order chi connectivity index (χ1) is 13.7. The van der Waals surface area contributed by atoms with E-state index in [0.717, 1.165) is 11.4 Å². The number of hydroxylamine groups is 1. The van der Waals surface area contributed by atoms with Crippen molar-refractivity contribution in [1.29, 1.82) is 0 Å². The summed E-state index contributed by atoms with van der Waals surface area (Å²) in [7, 11) is -4.10. The zero-order valence-corrected chi connectivity index (χ0v) is 16.8. The monoisotopic (exact) mass is 422 g/mol. The van der Waals surface area contributed by atoms with E-state index in [4.69, 9.17) is 14.7 Å². The fourth-order valence-corrected chi connectivity index (χ4v) is 5.26. The number of sulfone groups is 1. The number of hydrogen-bond acceptors (Lipinski definition) is 8. The molecule has 1 aromatic heterocycles. The van der Waals surface area contributed by atoms with E-state index >= 15 is 0 Å². The summed E-state index contributed by atoms with van der Waals surface area (Å²) in [6.45, 7) is 3.21. The highest BCUT2D eigenvalue weighted by Gasteiger charge is 2.53. The van der Waals surface area contributed by atoms with E-state index in [9.17, 15) is 18.3 Å². The summed E-state index contributed by atoms with van der Waals surface area (Å²) >= 11 is 0. The molecule has 156 valence electrons. The van der Waals surface area contributed by atoms with Gasteiger partial charge in [0.1, 0.15) is 16.7 Å². The number of aliphatic hydroxyl groups is 1. The number of benzene rings is 1. The largest absolute Gasteiger partial charge is 0.457 e. The van der Waals surface area contributed by atoms with Gasteiger partial charge in [0, 0.05) is 30.1 Å². The van der Waals surface area contributed by atoms with Crippen LogP contribution in [0.4, 0.5) is 0 Å². The highest BCUT2D eigenvalue weighted by Crippen LogP contribution is 2.32. The van der Waals surface area contributed by atoms with Gasteiger partial charge >= 0.3 is 0 Å². The number of amides is 1. The van der Waals surface area contributed by atoms with Crippen LogP contribution in [0.3, 0.4) is 0 Å². The van der Waals surface area contributed by atoms with Gasteiger partial charge in [0.25, 0.3) is 5.91 Å². The van der Waals surface area contributed by atoms with Crippen LogP contribution < -0.4 is 10.2 Å². The molecule has 1 aliphatic heterocycles. The van der Waals surface area contributed by atoms with Gasteiger partial charge in [-0.25, -0.2) is 13.9 Å². The Balaban J connectivity index is 1.86. The van der Waals surface area contributed by atoms with Crippen molar-refractivity contribution in [1.82, 2.24) is 10.5 Å². The molecule has 3 N–H and O–H groups in total. The zero-order valence-electron chi connectivity index (χ0n) is 16.0. The zero-order chi connectivity index (χ0) is 21.2. The van der Waals surface area contributed by atoms with E-state index in [0.29, 0.717) is 11.5 Å². The molecule has 9 nitrogen and oxygen atoms in total. The van der Waals surface area contributed by atoms with Crippen molar-refractivity contribution in [2.75, 3.05) is 13.2 Å². The summed E-state index contributed by atoms with van der Waals surface area (Å²) in [6, 6.07) is 9.18. The molecule has 2 aromatic rings. The quantitative estimate of drug-likeness (QED) is 0.485. The SMILES string of the molecule is Cc1cc(Oc2ccc(S(=O)(=O)C3CCOCC3(O)C(=O)NO)cc2)cc(C)n1. The molecule has 2 unspecified atom stereocenters. The van der Waals surface area contributed by atoms with E-state index in [-0.39, 0.29) is 17.9 Å². The molecule has 10 heteroatoms. The number of nitrogens with zero attached hydrogens (tertiary/aromatic N) is 1. The number of carbonyl (C=O) groups excluding carboxylic acids is 1. The third-order valence-electron chi connectivity index (χ3n) is 4.69. The van der Waals surface area contributed by atoms with Crippen LogP contribution in [0.15, 0.2) is 41.3 Å². The maximum absolute atomic E-state index is 13.1. The molecule has 1 saturated heterocycles. The van der Waals surface area contributed by atoms with Gasteiger partial charge in [-0.2, -0.15) is 0 Å². The number of carbonyl (C=O) groups is 1. The van der Waals surface area contributed by atoms with E-state index in [2.05, 4.69) is 4.98 Å². The van der Waals surface area contributed by atoms with Crippen LogP contribution in [-0.2, 0) is 19.4 Å². The Morgan fingerprint density at radius 1 is 1.21 bits per heavy atom. The molecule has 1 amide bonds. The number of ether oxygens (including phenoxy) is 2. The molecule has 2 atom stereocenters. The topological polar surface area (TPSA) is 135 Å². The third-order valence-corrected chi connectivity index (χ3v) is 7.00. The first-order valence-electron chi connectivity index (χ1n) is 8.88. The van der Waals surface area contributed by atoms with Crippen molar-refractivity contribution in [3.8, 4) is 11.5 Å². The van der Waals surface area contributed by atoms with Crippen molar-refractivity contribution >= 4 is 15.7 Å². The van der Waals surface area contributed by atoms with Crippen molar-refractivity contribution < 1.29 is 33.0 Å². The number of nitrogens with one attached hydrogen (secondary N) is 1. The van der Waals surface area contributed by atoms with Crippen LogP contribution in [0, 0.1) is 13.8 Å². The molecule has 3 rings (SSSR count). The summed E-state index contributed by atoms with van der Waals surface area (Å²) in [4.78, 5) is 16.1. The fourth-order valence-electron chi connectivity index (χ4n) is 3.32. The van der Waals surface area contributed by atoms with Crippen molar-refractivity contribution in [3.05, 3.63) is 47.8 Å². The minimum absolute atomic E-state index is 0.0624. The third kappa shape index (κ3) is 4.25. The summed E-state index contributed by atoms with van der Waals surface area (Å²) < 4.78 is 36.9. The lowest BCUT2D eigenvalue weighted by Gasteiger charge is -2.36. The van der Waals surface area contributed by atoms with Gasteiger partial charge in [0.05, 0.1) is 11.5 Å². The molecule has 0 spiro atoms. The van der Waals surface area contributed by atoms with Gasteiger partial charge in [0.2, 0.25) is 0 Å². The lowest BCUT2D eigenvalue weighted by Crippen LogP contribution is -2.62. The summed E-state index contributed by atoms with van der Waals surface area (Å²) in [5, 5.41) is 18.0. The number of aryl methyl sites for hydroxylation is 2. The Morgan fingerprint density at radius 2 is 1.83 bits per heavy atom. The Morgan fingerprint density at radius 3 is 2.41 bits per heavy atom. The fraction of sp³-hybridized carbons (Fsp3) is 0.368. The number of hydrogen-bond donors (Lipinski definition) is 3. The molecule has 1 aromatic carbocycles. The van der Waals surface area contributed by atoms with E-state index in [1.165, 1.54) is 29.7 Å². The average molecular weight is 422 g/mol.